The van der Waals surface area contributed by atoms with Gasteiger partial charge in [-0.05, 0) is 18.2 Å². The number of nitriles is 1. The summed E-state index contributed by atoms with van der Waals surface area (Å²) in [5.74, 6) is -0.250. The van der Waals surface area contributed by atoms with E-state index >= 15 is 0 Å². The van der Waals surface area contributed by atoms with Crippen LogP contribution in [0.3, 0.4) is 0 Å². The van der Waals surface area contributed by atoms with Crippen LogP contribution in [0.5, 0.6) is 0 Å². The van der Waals surface area contributed by atoms with E-state index in [0.717, 1.165) is 10.9 Å². The predicted octanol–water partition coefficient (Wildman–Crippen LogP) is 1.49. The summed E-state index contributed by atoms with van der Waals surface area (Å²) in [6.07, 6.45) is 1.68. The lowest BCUT2D eigenvalue weighted by Gasteiger charge is -2.04. The van der Waals surface area contributed by atoms with E-state index in [1.54, 1.807) is 24.4 Å². The molecule has 0 bridgehead atoms. The van der Waals surface area contributed by atoms with Gasteiger partial charge in [-0.1, -0.05) is 12.1 Å². The van der Waals surface area contributed by atoms with Crippen LogP contribution in [0, 0.1) is 11.3 Å². The maximum absolute atomic E-state index is 11.7. The van der Waals surface area contributed by atoms with Gasteiger partial charge >= 0.3 is 0 Å². The van der Waals surface area contributed by atoms with Gasteiger partial charge < -0.3 is 5.32 Å². The first-order valence-corrected chi connectivity index (χ1v) is 4.82. The van der Waals surface area contributed by atoms with Crippen LogP contribution in [0.2, 0.25) is 0 Å². The molecule has 0 fully saturated rings. The molecule has 1 amide bonds. The van der Waals surface area contributed by atoms with Crippen LogP contribution in [-0.4, -0.2) is 17.4 Å². The minimum atomic E-state index is -0.250. The fourth-order valence-electron chi connectivity index (χ4n) is 1.52. The van der Waals surface area contributed by atoms with E-state index in [1.165, 1.54) is 0 Å². The Kier molecular flexibility index (Phi) is 2.79. The molecule has 0 spiro atoms. The molecule has 16 heavy (non-hydrogen) atoms. The Hall–Kier alpha value is -2.41. The van der Waals surface area contributed by atoms with Gasteiger partial charge in [-0.3, -0.25) is 9.78 Å². The summed E-state index contributed by atoms with van der Waals surface area (Å²) in [6, 6.07) is 10.8. The lowest BCUT2D eigenvalue weighted by Crippen LogP contribution is -2.23. The van der Waals surface area contributed by atoms with Crippen molar-refractivity contribution in [3.63, 3.8) is 0 Å². The van der Waals surface area contributed by atoms with Crippen LogP contribution < -0.4 is 5.32 Å². The smallest absolute Gasteiger partial charge is 0.252 e. The van der Waals surface area contributed by atoms with E-state index < -0.39 is 0 Å². The van der Waals surface area contributed by atoms with Crippen molar-refractivity contribution in [2.75, 3.05) is 6.54 Å². The number of carbonyl (C=O) groups is 1. The van der Waals surface area contributed by atoms with Gasteiger partial charge in [0.15, 0.2) is 0 Å². The minimum absolute atomic E-state index is 0.00941. The van der Waals surface area contributed by atoms with E-state index in [0.29, 0.717) is 5.56 Å². The average Bonchev–Trinajstić information content (AvgIpc) is 2.35. The Balaban J connectivity index is 2.45. The van der Waals surface area contributed by atoms with Crippen molar-refractivity contribution in [2.24, 2.45) is 0 Å². The second kappa shape index (κ2) is 4.41. The third-order valence-corrected chi connectivity index (χ3v) is 2.22. The molecule has 0 aliphatic heterocycles. The molecule has 4 nitrogen and oxygen atoms in total. The number of nitrogens with zero attached hydrogens (tertiary/aromatic N) is 2. The standard InChI is InChI=1S/C12H9N3O/c13-6-8-15-12(16)10-3-1-5-11-9(10)4-2-7-14-11/h1-5,7H,8H2,(H,15,16). The quantitative estimate of drug-likeness (QED) is 0.765. The molecule has 1 N–H and O–H groups in total. The van der Waals surface area contributed by atoms with Crippen molar-refractivity contribution in [3.05, 3.63) is 42.1 Å². The Labute approximate surface area is 92.5 Å². The maximum Gasteiger partial charge on any atom is 0.252 e. The van der Waals surface area contributed by atoms with Crippen molar-refractivity contribution in [1.29, 1.82) is 5.26 Å². The zero-order valence-electron chi connectivity index (χ0n) is 8.47. The third-order valence-electron chi connectivity index (χ3n) is 2.22. The summed E-state index contributed by atoms with van der Waals surface area (Å²) in [5, 5.41) is 11.7. The number of fused-ring (bicyclic) bond motifs is 1. The summed E-state index contributed by atoms with van der Waals surface area (Å²) in [7, 11) is 0. The van der Waals surface area contributed by atoms with Gasteiger partial charge in [0.1, 0.15) is 6.54 Å². The molecule has 0 saturated carbocycles. The first-order chi connectivity index (χ1) is 7.83. The molecule has 78 valence electrons. The Bertz CT molecular complexity index is 566. The first kappa shape index (κ1) is 10.1. The average molecular weight is 211 g/mol. The second-order valence-corrected chi connectivity index (χ2v) is 3.22. The predicted molar refractivity (Wildman–Crippen MR) is 59.7 cm³/mol. The number of hydrogen-bond acceptors (Lipinski definition) is 3. The van der Waals surface area contributed by atoms with Gasteiger partial charge in [-0.2, -0.15) is 5.26 Å². The summed E-state index contributed by atoms with van der Waals surface area (Å²) in [6.45, 7) is 0.00941. The fraction of sp³-hybridized carbons (Fsp3) is 0.0833. The van der Waals surface area contributed by atoms with E-state index in [2.05, 4.69) is 10.3 Å². The van der Waals surface area contributed by atoms with Gasteiger partial charge in [0.2, 0.25) is 0 Å². The highest BCUT2D eigenvalue weighted by Crippen LogP contribution is 2.15. The van der Waals surface area contributed by atoms with Gasteiger partial charge in [-0.25, -0.2) is 0 Å². The zero-order chi connectivity index (χ0) is 11.4. The molecule has 1 aromatic heterocycles. The van der Waals surface area contributed by atoms with Crippen molar-refractivity contribution in [3.8, 4) is 6.07 Å². The summed E-state index contributed by atoms with van der Waals surface area (Å²) < 4.78 is 0. The van der Waals surface area contributed by atoms with Gasteiger partial charge in [0, 0.05) is 17.1 Å². The Morgan fingerprint density at radius 1 is 1.38 bits per heavy atom. The molecule has 1 heterocycles. The van der Waals surface area contributed by atoms with Gasteiger partial charge in [-0.15, -0.1) is 0 Å². The van der Waals surface area contributed by atoms with Crippen molar-refractivity contribution in [1.82, 2.24) is 10.3 Å². The van der Waals surface area contributed by atoms with E-state index in [4.69, 9.17) is 5.26 Å². The van der Waals surface area contributed by atoms with Crippen LogP contribution in [0.1, 0.15) is 10.4 Å². The highest BCUT2D eigenvalue weighted by molar-refractivity contribution is 6.06. The number of hydrogen-bond donors (Lipinski definition) is 1. The fourth-order valence-corrected chi connectivity index (χ4v) is 1.52. The van der Waals surface area contributed by atoms with Crippen molar-refractivity contribution >= 4 is 16.8 Å². The summed E-state index contributed by atoms with van der Waals surface area (Å²) in [5.41, 5.74) is 1.31. The number of amides is 1. The Morgan fingerprint density at radius 3 is 3.06 bits per heavy atom. The molecule has 2 rings (SSSR count). The number of rotatable bonds is 2. The molecule has 0 radical (unpaired) electrons. The van der Waals surface area contributed by atoms with Crippen LogP contribution in [0.4, 0.5) is 0 Å². The monoisotopic (exact) mass is 211 g/mol. The Morgan fingerprint density at radius 2 is 2.25 bits per heavy atom. The van der Waals surface area contributed by atoms with E-state index in [1.807, 2.05) is 18.2 Å². The molecule has 0 aliphatic carbocycles. The second-order valence-electron chi connectivity index (χ2n) is 3.22. The minimum Gasteiger partial charge on any atom is -0.339 e. The summed E-state index contributed by atoms with van der Waals surface area (Å²) in [4.78, 5) is 15.9. The number of carbonyl (C=O) groups excluding carboxylic acids is 1. The lowest BCUT2D eigenvalue weighted by atomic mass is 10.1. The molecule has 1 aromatic carbocycles. The SMILES string of the molecule is N#CCNC(=O)c1cccc2ncccc12. The highest BCUT2D eigenvalue weighted by atomic mass is 16.1. The normalized spacial score (nSPS) is 9.69. The van der Waals surface area contributed by atoms with Crippen LogP contribution in [0.25, 0.3) is 10.9 Å². The highest BCUT2D eigenvalue weighted by Gasteiger charge is 2.08. The first-order valence-electron chi connectivity index (χ1n) is 4.82. The molecular weight excluding hydrogens is 202 g/mol. The molecule has 0 saturated heterocycles. The molecular formula is C12H9N3O. The third kappa shape index (κ3) is 1.84. The topological polar surface area (TPSA) is 65.8 Å². The largest absolute Gasteiger partial charge is 0.339 e. The number of nitrogens with one attached hydrogen (secondary N) is 1. The van der Waals surface area contributed by atoms with Crippen LogP contribution in [-0.2, 0) is 0 Å². The van der Waals surface area contributed by atoms with E-state index in [9.17, 15) is 4.79 Å². The molecule has 0 aliphatic rings. The van der Waals surface area contributed by atoms with Crippen LogP contribution >= 0.6 is 0 Å². The maximum atomic E-state index is 11.7. The van der Waals surface area contributed by atoms with E-state index in [-0.39, 0.29) is 12.5 Å². The molecule has 4 heteroatoms. The van der Waals surface area contributed by atoms with Crippen molar-refractivity contribution in [2.45, 2.75) is 0 Å². The summed E-state index contributed by atoms with van der Waals surface area (Å²) >= 11 is 0. The van der Waals surface area contributed by atoms with Crippen LogP contribution in [0.15, 0.2) is 36.5 Å². The van der Waals surface area contributed by atoms with Crippen molar-refractivity contribution < 1.29 is 4.79 Å². The zero-order valence-corrected chi connectivity index (χ0v) is 8.47. The van der Waals surface area contributed by atoms with Gasteiger partial charge in [0.05, 0.1) is 11.6 Å². The molecule has 0 atom stereocenters. The number of aromatic nitrogens is 1. The molecule has 2 aromatic rings. The van der Waals surface area contributed by atoms with Gasteiger partial charge in [0.25, 0.3) is 5.91 Å². The molecule has 0 unspecified atom stereocenters. The number of pyridine rings is 1. The number of benzene rings is 1. The lowest BCUT2D eigenvalue weighted by molar-refractivity contribution is 0.0960.